The zero-order chi connectivity index (χ0) is 10.7. The molecule has 0 aliphatic heterocycles. The lowest BCUT2D eigenvalue weighted by Gasteiger charge is -2.11. The number of nitrogens with zero attached hydrogens (tertiary/aromatic N) is 1. The molecule has 82 valence electrons. The second-order valence-electron chi connectivity index (χ2n) is 4.38. The molecule has 1 aliphatic carbocycles. The average Bonchev–Trinajstić information content (AvgIpc) is 2.64. The summed E-state index contributed by atoms with van der Waals surface area (Å²) < 4.78 is 0. The number of hydrogen-bond donors (Lipinski definition) is 1. The van der Waals surface area contributed by atoms with Crippen molar-refractivity contribution in [3.63, 3.8) is 0 Å². The quantitative estimate of drug-likeness (QED) is 0.798. The number of rotatable bonds is 3. The molecule has 2 atom stereocenters. The number of anilines is 1. The monoisotopic (exact) mass is 224 g/mol. The second kappa shape index (κ2) is 4.84. The predicted molar refractivity (Wildman–Crippen MR) is 64.4 cm³/mol. The fourth-order valence-corrected chi connectivity index (χ4v) is 2.40. The van der Waals surface area contributed by atoms with Gasteiger partial charge in [0, 0.05) is 18.1 Å². The Labute approximate surface area is 96.1 Å². The first-order valence-electron chi connectivity index (χ1n) is 5.54. The summed E-state index contributed by atoms with van der Waals surface area (Å²) in [6.45, 7) is 3.05. The molecule has 0 amide bonds. The number of aryl methyl sites for hydroxylation is 1. The van der Waals surface area contributed by atoms with Crippen molar-refractivity contribution in [3.05, 3.63) is 23.9 Å². The van der Waals surface area contributed by atoms with Crippen LogP contribution < -0.4 is 5.32 Å². The van der Waals surface area contributed by atoms with Crippen molar-refractivity contribution < 1.29 is 0 Å². The van der Waals surface area contributed by atoms with Crippen LogP contribution in [0.2, 0.25) is 0 Å². The summed E-state index contributed by atoms with van der Waals surface area (Å²) in [6.07, 6.45) is 5.43. The maximum Gasteiger partial charge on any atom is 0.125 e. The minimum Gasteiger partial charge on any atom is -0.370 e. The largest absolute Gasteiger partial charge is 0.370 e. The van der Waals surface area contributed by atoms with Gasteiger partial charge in [0.05, 0.1) is 0 Å². The van der Waals surface area contributed by atoms with E-state index in [2.05, 4.69) is 16.4 Å². The van der Waals surface area contributed by atoms with Crippen LogP contribution in [-0.4, -0.2) is 16.9 Å². The van der Waals surface area contributed by atoms with Gasteiger partial charge in [-0.2, -0.15) is 0 Å². The molecule has 3 heteroatoms. The molecule has 0 radical (unpaired) electrons. The smallest absolute Gasteiger partial charge is 0.125 e. The van der Waals surface area contributed by atoms with Crippen LogP contribution in [0.1, 0.15) is 24.8 Å². The molecule has 1 heterocycles. The highest BCUT2D eigenvalue weighted by Crippen LogP contribution is 2.29. The topological polar surface area (TPSA) is 24.9 Å². The zero-order valence-corrected chi connectivity index (χ0v) is 9.80. The molecular weight excluding hydrogens is 208 g/mol. The van der Waals surface area contributed by atoms with E-state index in [1.165, 1.54) is 12.0 Å². The van der Waals surface area contributed by atoms with Crippen molar-refractivity contribution in [2.45, 2.75) is 31.6 Å². The van der Waals surface area contributed by atoms with E-state index in [9.17, 15) is 0 Å². The zero-order valence-electron chi connectivity index (χ0n) is 9.04. The van der Waals surface area contributed by atoms with Crippen molar-refractivity contribution in [1.29, 1.82) is 0 Å². The van der Waals surface area contributed by atoms with E-state index < -0.39 is 0 Å². The first kappa shape index (κ1) is 10.7. The number of pyridine rings is 1. The molecule has 1 saturated carbocycles. The first-order chi connectivity index (χ1) is 7.24. The maximum atomic E-state index is 6.07. The molecule has 2 rings (SSSR count). The van der Waals surface area contributed by atoms with Gasteiger partial charge in [0.1, 0.15) is 5.82 Å². The molecule has 1 aromatic rings. The van der Waals surface area contributed by atoms with Gasteiger partial charge in [0.15, 0.2) is 0 Å². The third kappa shape index (κ3) is 3.10. The van der Waals surface area contributed by atoms with Gasteiger partial charge in [-0.3, -0.25) is 0 Å². The SMILES string of the molecule is Cc1ccc(NCC2CCC(Cl)C2)nc1. The van der Waals surface area contributed by atoms with E-state index in [1.54, 1.807) is 0 Å². The highest BCUT2D eigenvalue weighted by Gasteiger charge is 2.22. The Morgan fingerprint density at radius 2 is 2.33 bits per heavy atom. The number of hydrogen-bond acceptors (Lipinski definition) is 2. The van der Waals surface area contributed by atoms with E-state index in [4.69, 9.17) is 11.6 Å². The summed E-state index contributed by atoms with van der Waals surface area (Å²) in [5, 5.41) is 3.76. The van der Waals surface area contributed by atoms with Crippen LogP contribution in [0.25, 0.3) is 0 Å². The lowest BCUT2D eigenvalue weighted by molar-refractivity contribution is 0.579. The number of aromatic nitrogens is 1. The van der Waals surface area contributed by atoms with Gasteiger partial charge in [-0.05, 0) is 43.7 Å². The molecule has 0 spiro atoms. The summed E-state index contributed by atoms with van der Waals surface area (Å²) in [7, 11) is 0. The lowest BCUT2D eigenvalue weighted by atomic mass is 10.1. The van der Waals surface area contributed by atoms with Crippen LogP contribution in [0.4, 0.5) is 5.82 Å². The Morgan fingerprint density at radius 1 is 1.47 bits per heavy atom. The van der Waals surface area contributed by atoms with E-state index in [-0.39, 0.29) is 0 Å². The Kier molecular flexibility index (Phi) is 3.47. The summed E-state index contributed by atoms with van der Waals surface area (Å²) in [5.74, 6) is 1.69. The molecule has 15 heavy (non-hydrogen) atoms. The van der Waals surface area contributed by atoms with Gasteiger partial charge in [-0.1, -0.05) is 6.07 Å². The molecule has 1 fully saturated rings. The van der Waals surface area contributed by atoms with E-state index in [1.807, 2.05) is 19.2 Å². The molecule has 1 aliphatic rings. The Balaban J connectivity index is 1.80. The Bertz CT molecular complexity index is 310. The van der Waals surface area contributed by atoms with Crippen LogP contribution in [0.15, 0.2) is 18.3 Å². The van der Waals surface area contributed by atoms with Crippen LogP contribution in [-0.2, 0) is 0 Å². The number of nitrogens with one attached hydrogen (secondary N) is 1. The van der Waals surface area contributed by atoms with Gasteiger partial charge < -0.3 is 5.32 Å². The Morgan fingerprint density at radius 3 is 2.93 bits per heavy atom. The molecule has 0 aromatic carbocycles. The minimum atomic E-state index is 0.391. The van der Waals surface area contributed by atoms with Crippen molar-refractivity contribution in [3.8, 4) is 0 Å². The Hall–Kier alpha value is -0.760. The number of halogens is 1. The molecule has 2 unspecified atom stereocenters. The first-order valence-corrected chi connectivity index (χ1v) is 5.98. The third-order valence-electron chi connectivity index (χ3n) is 2.96. The molecule has 0 bridgehead atoms. The highest BCUT2D eigenvalue weighted by atomic mass is 35.5. The fourth-order valence-electron chi connectivity index (χ4n) is 2.02. The summed E-state index contributed by atoms with van der Waals surface area (Å²) >= 11 is 6.07. The van der Waals surface area contributed by atoms with E-state index >= 15 is 0 Å². The third-order valence-corrected chi connectivity index (χ3v) is 3.36. The van der Waals surface area contributed by atoms with Crippen LogP contribution >= 0.6 is 11.6 Å². The van der Waals surface area contributed by atoms with Crippen LogP contribution in [0.5, 0.6) is 0 Å². The van der Waals surface area contributed by atoms with Crippen molar-refractivity contribution in [2.24, 2.45) is 5.92 Å². The minimum absolute atomic E-state index is 0.391. The van der Waals surface area contributed by atoms with Crippen molar-refractivity contribution in [1.82, 2.24) is 4.98 Å². The van der Waals surface area contributed by atoms with Crippen molar-refractivity contribution >= 4 is 17.4 Å². The highest BCUT2D eigenvalue weighted by molar-refractivity contribution is 6.20. The summed E-state index contributed by atoms with van der Waals surface area (Å²) in [6, 6.07) is 4.11. The van der Waals surface area contributed by atoms with Gasteiger partial charge in [-0.15, -0.1) is 11.6 Å². The lowest BCUT2D eigenvalue weighted by Crippen LogP contribution is -2.12. The molecule has 0 saturated heterocycles. The van der Waals surface area contributed by atoms with Gasteiger partial charge in [0.25, 0.3) is 0 Å². The molecule has 1 N–H and O–H groups in total. The maximum absolute atomic E-state index is 6.07. The normalized spacial score (nSPS) is 25.5. The van der Waals surface area contributed by atoms with Gasteiger partial charge in [-0.25, -0.2) is 4.98 Å². The van der Waals surface area contributed by atoms with Gasteiger partial charge in [0.2, 0.25) is 0 Å². The van der Waals surface area contributed by atoms with Crippen LogP contribution in [0, 0.1) is 12.8 Å². The van der Waals surface area contributed by atoms with Crippen molar-refractivity contribution in [2.75, 3.05) is 11.9 Å². The average molecular weight is 225 g/mol. The fraction of sp³-hybridized carbons (Fsp3) is 0.583. The number of alkyl halides is 1. The summed E-state index contributed by atoms with van der Waals surface area (Å²) in [4.78, 5) is 4.31. The standard InChI is InChI=1S/C12H17ClN2/c1-9-2-5-12(14-7-9)15-8-10-3-4-11(13)6-10/h2,5,7,10-11H,3-4,6,8H2,1H3,(H,14,15). The predicted octanol–water partition coefficient (Wildman–Crippen LogP) is 3.21. The molecular formula is C12H17ClN2. The van der Waals surface area contributed by atoms with Crippen LogP contribution in [0.3, 0.4) is 0 Å². The van der Waals surface area contributed by atoms with E-state index in [0.717, 1.165) is 31.1 Å². The molecule has 2 nitrogen and oxygen atoms in total. The summed E-state index contributed by atoms with van der Waals surface area (Å²) in [5.41, 5.74) is 1.20. The van der Waals surface area contributed by atoms with Gasteiger partial charge >= 0.3 is 0 Å². The molecule has 1 aromatic heterocycles. The van der Waals surface area contributed by atoms with E-state index in [0.29, 0.717) is 5.38 Å². The second-order valence-corrected chi connectivity index (χ2v) is 5.00.